The van der Waals surface area contributed by atoms with E-state index in [2.05, 4.69) is 15.9 Å². The van der Waals surface area contributed by atoms with Crippen LogP contribution in [-0.4, -0.2) is 5.78 Å². The van der Waals surface area contributed by atoms with Crippen LogP contribution in [0.2, 0.25) is 15.1 Å². The maximum absolute atomic E-state index is 12.2. The molecule has 0 heterocycles. The third kappa shape index (κ3) is 3.32. The van der Waals surface area contributed by atoms with E-state index in [0.717, 1.165) is 0 Å². The first-order valence-electron chi connectivity index (χ1n) is 5.41. The quantitative estimate of drug-likeness (QED) is 0.614. The van der Waals surface area contributed by atoms with Gasteiger partial charge in [0.15, 0.2) is 5.78 Å². The zero-order valence-corrected chi connectivity index (χ0v) is 13.4. The van der Waals surface area contributed by atoms with Crippen molar-refractivity contribution in [2.45, 2.75) is 6.42 Å². The smallest absolute Gasteiger partial charge is 0.168 e. The number of carbonyl (C=O) groups excluding carboxylic acids is 1. The average molecular weight is 378 g/mol. The van der Waals surface area contributed by atoms with E-state index in [9.17, 15) is 4.79 Å². The monoisotopic (exact) mass is 376 g/mol. The predicted molar refractivity (Wildman–Crippen MR) is 83.6 cm³/mol. The molecule has 0 atom stereocenters. The van der Waals surface area contributed by atoms with Crippen LogP contribution >= 0.6 is 50.7 Å². The Morgan fingerprint density at radius 3 is 2.42 bits per heavy atom. The maximum Gasteiger partial charge on any atom is 0.168 e. The summed E-state index contributed by atoms with van der Waals surface area (Å²) in [7, 11) is 0. The molecule has 1 nitrogen and oxygen atoms in total. The number of ketones is 1. The van der Waals surface area contributed by atoms with Crippen molar-refractivity contribution < 1.29 is 4.79 Å². The molecule has 98 valence electrons. The highest BCUT2D eigenvalue weighted by Gasteiger charge is 2.15. The van der Waals surface area contributed by atoms with Crippen molar-refractivity contribution in [3.63, 3.8) is 0 Å². The van der Waals surface area contributed by atoms with E-state index in [4.69, 9.17) is 34.8 Å². The second kappa shape index (κ2) is 6.27. The molecule has 2 aromatic carbocycles. The van der Waals surface area contributed by atoms with Gasteiger partial charge in [-0.05, 0) is 39.7 Å². The van der Waals surface area contributed by atoms with E-state index < -0.39 is 0 Å². The van der Waals surface area contributed by atoms with Crippen LogP contribution in [0.5, 0.6) is 0 Å². The zero-order chi connectivity index (χ0) is 14.0. The normalized spacial score (nSPS) is 10.5. The van der Waals surface area contributed by atoms with Gasteiger partial charge in [-0.2, -0.15) is 0 Å². The third-order valence-electron chi connectivity index (χ3n) is 2.63. The molecule has 0 amide bonds. The molecule has 0 unspecified atom stereocenters. The Morgan fingerprint density at radius 1 is 1.00 bits per heavy atom. The van der Waals surface area contributed by atoms with Gasteiger partial charge in [0.05, 0.1) is 15.1 Å². The van der Waals surface area contributed by atoms with Gasteiger partial charge >= 0.3 is 0 Å². The summed E-state index contributed by atoms with van der Waals surface area (Å²) in [5.74, 6) is -0.101. The molecule has 5 heteroatoms. The second-order valence-corrected chi connectivity index (χ2v) is 5.93. The van der Waals surface area contributed by atoms with Gasteiger partial charge in [0.1, 0.15) is 0 Å². The van der Waals surface area contributed by atoms with Crippen molar-refractivity contribution in [2.75, 3.05) is 0 Å². The minimum absolute atomic E-state index is 0.101. The van der Waals surface area contributed by atoms with Gasteiger partial charge in [-0.25, -0.2) is 0 Å². The Morgan fingerprint density at radius 2 is 1.68 bits per heavy atom. The van der Waals surface area contributed by atoms with E-state index in [1.807, 2.05) is 0 Å². The molecule has 19 heavy (non-hydrogen) atoms. The zero-order valence-electron chi connectivity index (χ0n) is 9.59. The SMILES string of the molecule is O=C(Cc1cccc(Cl)c1Cl)c1cccc(Br)c1Cl. The molecule has 0 radical (unpaired) electrons. The number of carbonyl (C=O) groups is 1. The Bertz CT molecular complexity index is 641. The molecule has 0 aliphatic rings. The van der Waals surface area contributed by atoms with Crippen molar-refractivity contribution in [3.8, 4) is 0 Å². The van der Waals surface area contributed by atoms with Crippen molar-refractivity contribution in [1.29, 1.82) is 0 Å². The average Bonchev–Trinajstić information content (AvgIpc) is 2.38. The fraction of sp³-hybridized carbons (Fsp3) is 0.0714. The fourth-order valence-electron chi connectivity index (χ4n) is 1.67. The van der Waals surface area contributed by atoms with Crippen LogP contribution in [0.3, 0.4) is 0 Å². The molecule has 0 N–H and O–H groups in total. The van der Waals surface area contributed by atoms with Crippen molar-refractivity contribution in [2.24, 2.45) is 0 Å². The highest BCUT2D eigenvalue weighted by molar-refractivity contribution is 9.10. The van der Waals surface area contributed by atoms with Crippen molar-refractivity contribution >= 4 is 56.5 Å². The number of Topliss-reactive ketones (excluding diaryl/α,β-unsaturated/α-hetero) is 1. The first-order valence-corrected chi connectivity index (χ1v) is 7.33. The molecule has 0 aromatic heterocycles. The van der Waals surface area contributed by atoms with Crippen LogP contribution in [-0.2, 0) is 6.42 Å². The topological polar surface area (TPSA) is 17.1 Å². The lowest BCUT2D eigenvalue weighted by Crippen LogP contribution is -2.05. The summed E-state index contributed by atoms with van der Waals surface area (Å²) in [6, 6.07) is 10.5. The summed E-state index contributed by atoms with van der Waals surface area (Å²) in [4.78, 5) is 12.2. The van der Waals surface area contributed by atoms with Gasteiger partial charge in [0, 0.05) is 16.5 Å². The summed E-state index contributed by atoms with van der Waals surface area (Å²) in [6.45, 7) is 0. The van der Waals surface area contributed by atoms with E-state index in [1.165, 1.54) is 0 Å². The second-order valence-electron chi connectivity index (χ2n) is 3.91. The summed E-state index contributed by atoms with van der Waals surface area (Å²) in [5.41, 5.74) is 1.15. The van der Waals surface area contributed by atoms with Crippen LogP contribution < -0.4 is 0 Å². The lowest BCUT2D eigenvalue weighted by atomic mass is 10.0. The molecule has 0 aliphatic heterocycles. The third-order valence-corrected chi connectivity index (χ3v) is 4.79. The van der Waals surface area contributed by atoms with Crippen LogP contribution in [0, 0.1) is 0 Å². The Hall–Kier alpha value is -0.540. The van der Waals surface area contributed by atoms with E-state index in [0.29, 0.717) is 30.7 Å². The molecule has 0 aliphatic carbocycles. The van der Waals surface area contributed by atoms with Gasteiger partial charge in [-0.15, -0.1) is 0 Å². The van der Waals surface area contributed by atoms with Crippen molar-refractivity contribution in [1.82, 2.24) is 0 Å². The maximum atomic E-state index is 12.2. The van der Waals surface area contributed by atoms with Crippen LogP contribution in [0.1, 0.15) is 15.9 Å². The highest BCUT2D eigenvalue weighted by atomic mass is 79.9. The minimum atomic E-state index is -0.101. The van der Waals surface area contributed by atoms with Crippen LogP contribution in [0.25, 0.3) is 0 Å². The minimum Gasteiger partial charge on any atom is -0.294 e. The summed E-state index contributed by atoms with van der Waals surface area (Å²) < 4.78 is 0.692. The molecule has 0 spiro atoms. The van der Waals surface area contributed by atoms with Gasteiger partial charge in [-0.3, -0.25) is 4.79 Å². The number of halogens is 4. The predicted octanol–water partition coefficient (Wildman–Crippen LogP) is 5.83. The molecule has 2 rings (SSSR count). The lowest BCUT2D eigenvalue weighted by molar-refractivity contribution is 0.0993. The Labute approximate surface area is 134 Å². The van der Waals surface area contributed by atoms with Crippen LogP contribution in [0.15, 0.2) is 40.9 Å². The van der Waals surface area contributed by atoms with E-state index >= 15 is 0 Å². The number of hydrogen-bond acceptors (Lipinski definition) is 1. The highest BCUT2D eigenvalue weighted by Crippen LogP contribution is 2.29. The lowest BCUT2D eigenvalue weighted by Gasteiger charge is -2.07. The number of rotatable bonds is 3. The molecular weight excluding hydrogens is 370 g/mol. The van der Waals surface area contributed by atoms with Gasteiger partial charge in [-0.1, -0.05) is 53.0 Å². The molecule has 0 fully saturated rings. The molecular formula is C14H8BrCl3O. The van der Waals surface area contributed by atoms with Gasteiger partial charge in [0.25, 0.3) is 0 Å². The standard InChI is InChI=1S/C14H8BrCl3O/c15-10-5-2-4-9(14(10)18)12(19)7-8-3-1-6-11(16)13(8)17/h1-6H,7H2. The van der Waals surface area contributed by atoms with Crippen LogP contribution in [0.4, 0.5) is 0 Å². The van der Waals surface area contributed by atoms with Gasteiger partial charge in [0.2, 0.25) is 0 Å². The first kappa shape index (κ1) is 14.9. The van der Waals surface area contributed by atoms with E-state index in [-0.39, 0.29) is 12.2 Å². The summed E-state index contributed by atoms with van der Waals surface area (Å²) in [5, 5.41) is 1.25. The molecule has 0 saturated heterocycles. The Balaban J connectivity index is 2.31. The van der Waals surface area contributed by atoms with Crippen molar-refractivity contribution in [3.05, 3.63) is 67.1 Å². The van der Waals surface area contributed by atoms with Gasteiger partial charge < -0.3 is 0 Å². The Kier molecular flexibility index (Phi) is 4.91. The first-order chi connectivity index (χ1) is 9.00. The number of benzene rings is 2. The largest absolute Gasteiger partial charge is 0.294 e. The molecule has 0 bridgehead atoms. The molecule has 2 aromatic rings. The fourth-order valence-corrected chi connectivity index (χ4v) is 2.66. The molecule has 0 saturated carbocycles. The number of hydrogen-bond donors (Lipinski definition) is 0. The van der Waals surface area contributed by atoms with E-state index in [1.54, 1.807) is 36.4 Å². The summed E-state index contributed by atoms with van der Waals surface area (Å²) >= 11 is 21.4. The summed E-state index contributed by atoms with van der Waals surface area (Å²) in [6.07, 6.45) is 0.162.